The van der Waals surface area contributed by atoms with Crippen LogP contribution in [0.15, 0.2) is 53.3 Å². The van der Waals surface area contributed by atoms with Crippen molar-refractivity contribution in [1.82, 2.24) is 9.88 Å². The highest BCUT2D eigenvalue weighted by Gasteiger charge is 2.31. The quantitative estimate of drug-likeness (QED) is 0.580. The standard InChI is InChI=1S/C22H18N4O4/c1-11-4-3-5-16(12(11)2)24-20(28)13-6-8-14(9-7-13)26-17(27)10-15-18(19(26)23)22(30)25-21(15)29/h3-10H,23H2,1-2H3,(H,24,28)(H,25,29,30). The smallest absolute Gasteiger partial charge is 0.262 e. The van der Waals surface area contributed by atoms with Gasteiger partial charge in [0.15, 0.2) is 0 Å². The molecule has 0 unspecified atom stereocenters. The topological polar surface area (TPSA) is 123 Å². The van der Waals surface area contributed by atoms with E-state index < -0.39 is 17.4 Å². The molecule has 150 valence electrons. The molecule has 4 rings (SSSR count). The van der Waals surface area contributed by atoms with Crippen LogP contribution in [0.1, 0.15) is 42.2 Å². The molecule has 0 spiro atoms. The molecule has 1 aliphatic heterocycles. The summed E-state index contributed by atoms with van der Waals surface area (Å²) in [5, 5.41) is 4.99. The number of aryl methyl sites for hydroxylation is 1. The Bertz CT molecular complexity index is 1290. The van der Waals surface area contributed by atoms with E-state index in [9.17, 15) is 19.2 Å². The van der Waals surface area contributed by atoms with Crippen molar-refractivity contribution in [2.45, 2.75) is 13.8 Å². The van der Waals surface area contributed by atoms with Gasteiger partial charge < -0.3 is 11.1 Å². The number of rotatable bonds is 3. The zero-order valence-corrected chi connectivity index (χ0v) is 16.3. The number of carbonyl (C=O) groups is 3. The summed E-state index contributed by atoms with van der Waals surface area (Å²) in [6.07, 6.45) is 0. The second-order valence-electron chi connectivity index (χ2n) is 7.02. The van der Waals surface area contributed by atoms with Crippen LogP contribution in [0.5, 0.6) is 0 Å². The number of fused-ring (bicyclic) bond motifs is 1. The van der Waals surface area contributed by atoms with Gasteiger partial charge in [0.05, 0.1) is 16.8 Å². The zero-order valence-electron chi connectivity index (χ0n) is 16.3. The van der Waals surface area contributed by atoms with Gasteiger partial charge >= 0.3 is 0 Å². The van der Waals surface area contributed by atoms with Crippen molar-refractivity contribution in [2.24, 2.45) is 0 Å². The number of nitrogen functional groups attached to an aromatic ring is 1. The average molecular weight is 402 g/mol. The molecule has 3 aromatic rings. The van der Waals surface area contributed by atoms with Crippen LogP contribution in [-0.4, -0.2) is 22.3 Å². The van der Waals surface area contributed by atoms with Gasteiger partial charge in [0.1, 0.15) is 5.82 Å². The van der Waals surface area contributed by atoms with Gasteiger partial charge in [-0.25, -0.2) is 0 Å². The number of imide groups is 1. The molecule has 8 heteroatoms. The second kappa shape index (κ2) is 7.00. The second-order valence-corrected chi connectivity index (χ2v) is 7.02. The van der Waals surface area contributed by atoms with E-state index in [1.54, 1.807) is 24.3 Å². The van der Waals surface area contributed by atoms with Crippen molar-refractivity contribution < 1.29 is 14.4 Å². The molecule has 0 radical (unpaired) electrons. The molecule has 1 aromatic heterocycles. The molecule has 8 nitrogen and oxygen atoms in total. The summed E-state index contributed by atoms with van der Waals surface area (Å²) < 4.78 is 1.13. The maximum absolute atomic E-state index is 12.6. The maximum Gasteiger partial charge on any atom is 0.262 e. The summed E-state index contributed by atoms with van der Waals surface area (Å²) in [6, 6.07) is 12.9. The Morgan fingerprint density at radius 2 is 1.70 bits per heavy atom. The van der Waals surface area contributed by atoms with E-state index in [4.69, 9.17) is 5.73 Å². The van der Waals surface area contributed by atoms with Crippen LogP contribution in [0.4, 0.5) is 11.5 Å². The fourth-order valence-electron chi connectivity index (χ4n) is 3.39. The largest absolute Gasteiger partial charge is 0.384 e. The third kappa shape index (κ3) is 3.04. The first-order valence-corrected chi connectivity index (χ1v) is 9.17. The molecule has 0 saturated heterocycles. The van der Waals surface area contributed by atoms with E-state index in [2.05, 4.69) is 10.6 Å². The van der Waals surface area contributed by atoms with Gasteiger partial charge in [0.25, 0.3) is 23.3 Å². The highest BCUT2D eigenvalue weighted by molar-refractivity contribution is 6.23. The lowest BCUT2D eigenvalue weighted by Gasteiger charge is -2.13. The zero-order chi connectivity index (χ0) is 21.6. The van der Waals surface area contributed by atoms with Gasteiger partial charge in [-0.15, -0.1) is 0 Å². The molecule has 1 aliphatic rings. The molecule has 30 heavy (non-hydrogen) atoms. The Kier molecular flexibility index (Phi) is 4.46. The highest BCUT2D eigenvalue weighted by Crippen LogP contribution is 2.23. The molecule has 0 aliphatic carbocycles. The van der Waals surface area contributed by atoms with Crippen molar-refractivity contribution >= 4 is 29.2 Å². The van der Waals surface area contributed by atoms with Crippen molar-refractivity contribution in [3.63, 3.8) is 0 Å². The monoisotopic (exact) mass is 402 g/mol. The number of amides is 3. The van der Waals surface area contributed by atoms with E-state index in [0.29, 0.717) is 11.3 Å². The molecule has 2 heterocycles. The summed E-state index contributed by atoms with van der Waals surface area (Å²) >= 11 is 0. The number of carbonyl (C=O) groups excluding carboxylic acids is 3. The molecule has 4 N–H and O–H groups in total. The molecule has 3 amide bonds. The van der Waals surface area contributed by atoms with Gasteiger partial charge in [-0.2, -0.15) is 0 Å². The molecule has 0 fully saturated rings. The number of anilines is 2. The normalized spacial score (nSPS) is 12.5. The summed E-state index contributed by atoms with van der Waals surface area (Å²) in [6.45, 7) is 3.89. The molecule has 2 aromatic carbocycles. The highest BCUT2D eigenvalue weighted by atomic mass is 16.2. The summed E-state index contributed by atoms with van der Waals surface area (Å²) in [7, 11) is 0. The fraction of sp³-hybridized carbons (Fsp3) is 0.0909. The van der Waals surface area contributed by atoms with Crippen molar-refractivity contribution in [3.05, 3.63) is 86.7 Å². The Balaban J connectivity index is 1.66. The van der Waals surface area contributed by atoms with Crippen LogP contribution >= 0.6 is 0 Å². The predicted octanol–water partition coefficient (Wildman–Crippen LogP) is 2.17. The van der Waals surface area contributed by atoms with Crippen molar-refractivity contribution in [1.29, 1.82) is 0 Å². The lowest BCUT2D eigenvalue weighted by Crippen LogP contribution is -2.24. The number of hydrogen-bond donors (Lipinski definition) is 3. The molecule has 0 atom stereocenters. The maximum atomic E-state index is 12.6. The van der Waals surface area contributed by atoms with Crippen LogP contribution in [0.2, 0.25) is 0 Å². The van der Waals surface area contributed by atoms with Crippen LogP contribution in [0, 0.1) is 13.8 Å². The average Bonchev–Trinajstić information content (AvgIpc) is 2.99. The van der Waals surface area contributed by atoms with E-state index in [1.807, 2.05) is 32.0 Å². The Hall–Kier alpha value is -4.20. The Morgan fingerprint density at radius 3 is 2.40 bits per heavy atom. The lowest BCUT2D eigenvalue weighted by atomic mass is 10.1. The number of nitrogens with zero attached hydrogens (tertiary/aromatic N) is 1. The van der Waals surface area contributed by atoms with Crippen molar-refractivity contribution in [3.8, 4) is 5.69 Å². The lowest BCUT2D eigenvalue weighted by molar-refractivity contribution is 0.0879. The number of pyridine rings is 1. The summed E-state index contributed by atoms with van der Waals surface area (Å²) in [5.74, 6) is -1.72. The third-order valence-corrected chi connectivity index (χ3v) is 5.19. The Labute approximate surface area is 171 Å². The number of hydrogen-bond acceptors (Lipinski definition) is 5. The SMILES string of the molecule is Cc1cccc(NC(=O)c2ccc(-n3c(N)c4c(cc3=O)C(=O)NC4=O)cc2)c1C. The van der Waals surface area contributed by atoms with Crippen LogP contribution in [-0.2, 0) is 0 Å². The van der Waals surface area contributed by atoms with E-state index in [-0.39, 0.29) is 22.9 Å². The third-order valence-electron chi connectivity index (χ3n) is 5.19. The number of nitrogens with two attached hydrogens (primary N) is 1. The molecule has 0 bridgehead atoms. The summed E-state index contributed by atoms with van der Waals surface area (Å²) in [5.41, 5.74) is 8.93. The van der Waals surface area contributed by atoms with E-state index in [0.717, 1.165) is 27.4 Å². The van der Waals surface area contributed by atoms with Gasteiger partial charge in [-0.05, 0) is 55.3 Å². The van der Waals surface area contributed by atoms with Gasteiger partial charge in [-0.1, -0.05) is 12.1 Å². The number of benzene rings is 2. The first-order valence-electron chi connectivity index (χ1n) is 9.17. The van der Waals surface area contributed by atoms with Gasteiger partial charge in [-0.3, -0.25) is 29.1 Å². The van der Waals surface area contributed by atoms with E-state index >= 15 is 0 Å². The van der Waals surface area contributed by atoms with Crippen LogP contribution in [0.3, 0.4) is 0 Å². The van der Waals surface area contributed by atoms with E-state index in [1.165, 1.54) is 0 Å². The summed E-state index contributed by atoms with van der Waals surface area (Å²) in [4.78, 5) is 48.8. The van der Waals surface area contributed by atoms with Gasteiger partial charge in [0.2, 0.25) is 0 Å². The fourth-order valence-corrected chi connectivity index (χ4v) is 3.39. The Morgan fingerprint density at radius 1 is 1.00 bits per heavy atom. The van der Waals surface area contributed by atoms with Crippen LogP contribution in [0.25, 0.3) is 5.69 Å². The van der Waals surface area contributed by atoms with Gasteiger partial charge in [0, 0.05) is 17.3 Å². The molecular weight excluding hydrogens is 384 g/mol. The first kappa shape index (κ1) is 19.1. The predicted molar refractivity (Wildman–Crippen MR) is 112 cm³/mol. The minimum Gasteiger partial charge on any atom is -0.384 e. The minimum absolute atomic E-state index is 0.0312. The molecular formula is C22H18N4O4. The number of aromatic nitrogens is 1. The molecule has 0 saturated carbocycles. The van der Waals surface area contributed by atoms with Crippen LogP contribution < -0.4 is 21.9 Å². The first-order chi connectivity index (χ1) is 14.3. The van der Waals surface area contributed by atoms with Crippen molar-refractivity contribution in [2.75, 3.05) is 11.1 Å². The number of nitrogens with one attached hydrogen (secondary N) is 2. The minimum atomic E-state index is -0.649.